The van der Waals surface area contributed by atoms with Crippen molar-refractivity contribution in [3.8, 4) is 16.3 Å². The number of carboxylic acid groups (broad SMARTS) is 1. The number of para-hydroxylation sites is 1. The average molecular weight is 637 g/mol. The van der Waals surface area contributed by atoms with Gasteiger partial charge in [0.25, 0.3) is 0 Å². The van der Waals surface area contributed by atoms with Gasteiger partial charge in [-0.2, -0.15) is 0 Å². The van der Waals surface area contributed by atoms with E-state index in [-0.39, 0.29) is 17.8 Å². The number of thiazole rings is 1. The van der Waals surface area contributed by atoms with Gasteiger partial charge in [-0.15, -0.1) is 23.1 Å². The number of fused-ring (bicyclic) bond motifs is 2. The van der Waals surface area contributed by atoms with Crippen LogP contribution in [0.25, 0.3) is 32.5 Å². The standard InChI is InChI=1S/C36H36N4O3S2/c1-35(2,3)45-30-21-40(20-23-10-12-25(13-11-23)33-37-16-17-44-33)32-31(30)27(18-36(4,5)34(41)42)29(19-38-32)43-22-26-15-14-24-8-6-7-9-28(24)39-26/h6-17,19,21H,18,20,22H2,1-5H3,(H,41,42). The summed E-state index contributed by atoms with van der Waals surface area (Å²) in [7, 11) is 0. The quantitative estimate of drug-likeness (QED) is 0.150. The first kappa shape index (κ1) is 30.8. The van der Waals surface area contributed by atoms with E-state index in [1.165, 1.54) is 0 Å². The van der Waals surface area contributed by atoms with Crippen LogP contribution >= 0.6 is 23.1 Å². The van der Waals surface area contributed by atoms with Gasteiger partial charge in [-0.3, -0.25) is 4.79 Å². The number of carboxylic acids is 1. The summed E-state index contributed by atoms with van der Waals surface area (Å²) >= 11 is 3.37. The number of pyridine rings is 2. The zero-order chi connectivity index (χ0) is 31.8. The van der Waals surface area contributed by atoms with Gasteiger partial charge in [0.2, 0.25) is 0 Å². The van der Waals surface area contributed by atoms with E-state index in [9.17, 15) is 9.90 Å². The Labute approximate surface area is 271 Å². The van der Waals surface area contributed by atoms with Crippen LogP contribution in [-0.4, -0.2) is 35.3 Å². The van der Waals surface area contributed by atoms with E-state index in [2.05, 4.69) is 60.8 Å². The molecule has 0 aliphatic carbocycles. The highest BCUT2D eigenvalue weighted by Crippen LogP contribution is 2.43. The fraction of sp³-hybridized carbons (Fsp3) is 0.278. The minimum atomic E-state index is -1.02. The summed E-state index contributed by atoms with van der Waals surface area (Å²) in [4.78, 5) is 27.6. The molecule has 0 saturated carbocycles. The van der Waals surface area contributed by atoms with Crippen molar-refractivity contribution < 1.29 is 14.6 Å². The van der Waals surface area contributed by atoms with Crippen molar-refractivity contribution in [2.24, 2.45) is 5.41 Å². The van der Waals surface area contributed by atoms with Crippen LogP contribution in [0.15, 0.2) is 89.5 Å². The molecular formula is C36H36N4O3S2. The Balaban J connectivity index is 1.41. The smallest absolute Gasteiger partial charge is 0.309 e. The Hall–Kier alpha value is -4.21. The van der Waals surface area contributed by atoms with Crippen LogP contribution in [0, 0.1) is 5.41 Å². The predicted molar refractivity (Wildman–Crippen MR) is 183 cm³/mol. The fourth-order valence-electron chi connectivity index (χ4n) is 5.27. The Kier molecular flexibility index (Phi) is 8.41. The van der Waals surface area contributed by atoms with Gasteiger partial charge < -0.3 is 14.4 Å². The predicted octanol–water partition coefficient (Wildman–Crippen LogP) is 8.88. The monoisotopic (exact) mass is 636 g/mol. The third-order valence-electron chi connectivity index (χ3n) is 7.55. The van der Waals surface area contributed by atoms with Crippen LogP contribution in [-0.2, 0) is 24.4 Å². The van der Waals surface area contributed by atoms with E-state index in [0.29, 0.717) is 12.3 Å². The Morgan fingerprint density at radius 2 is 1.78 bits per heavy atom. The summed E-state index contributed by atoms with van der Waals surface area (Å²) in [5.41, 5.74) is 4.55. The number of hydrogen-bond acceptors (Lipinski definition) is 7. The molecule has 7 nitrogen and oxygen atoms in total. The minimum Gasteiger partial charge on any atom is -0.485 e. The third kappa shape index (κ3) is 6.89. The first-order valence-corrected chi connectivity index (χ1v) is 16.6. The second-order valence-electron chi connectivity index (χ2n) is 12.8. The third-order valence-corrected chi connectivity index (χ3v) is 9.51. The summed E-state index contributed by atoms with van der Waals surface area (Å²) in [5.74, 6) is -0.285. The number of nitrogens with zero attached hydrogens (tertiary/aromatic N) is 4. The largest absolute Gasteiger partial charge is 0.485 e. The highest BCUT2D eigenvalue weighted by Gasteiger charge is 2.32. The lowest BCUT2D eigenvalue weighted by Crippen LogP contribution is -2.26. The molecule has 0 aliphatic rings. The maximum Gasteiger partial charge on any atom is 0.309 e. The van der Waals surface area contributed by atoms with Crippen molar-refractivity contribution in [3.05, 3.63) is 101 Å². The van der Waals surface area contributed by atoms with Gasteiger partial charge in [0.1, 0.15) is 23.0 Å². The van der Waals surface area contributed by atoms with E-state index < -0.39 is 11.4 Å². The van der Waals surface area contributed by atoms with Crippen molar-refractivity contribution >= 4 is 51.0 Å². The van der Waals surface area contributed by atoms with Crippen molar-refractivity contribution in [2.45, 2.75) is 63.8 Å². The number of ether oxygens (including phenoxy) is 1. The number of thioether (sulfide) groups is 1. The summed E-state index contributed by atoms with van der Waals surface area (Å²) in [6, 6.07) is 20.4. The number of aromatic nitrogens is 4. The van der Waals surface area contributed by atoms with Crippen molar-refractivity contribution in [1.82, 2.24) is 19.5 Å². The van der Waals surface area contributed by atoms with Gasteiger partial charge in [-0.05, 0) is 38.0 Å². The lowest BCUT2D eigenvalue weighted by atomic mass is 9.85. The van der Waals surface area contributed by atoms with Crippen LogP contribution in [0.2, 0.25) is 0 Å². The van der Waals surface area contributed by atoms with Gasteiger partial charge in [-0.25, -0.2) is 15.0 Å². The zero-order valence-corrected chi connectivity index (χ0v) is 27.7. The molecule has 4 aromatic heterocycles. The van der Waals surface area contributed by atoms with Gasteiger partial charge in [-0.1, -0.05) is 69.3 Å². The van der Waals surface area contributed by atoms with Crippen molar-refractivity contribution in [3.63, 3.8) is 0 Å². The van der Waals surface area contributed by atoms with Gasteiger partial charge in [0.15, 0.2) is 0 Å². The van der Waals surface area contributed by atoms with Gasteiger partial charge >= 0.3 is 5.97 Å². The molecule has 45 heavy (non-hydrogen) atoms. The SMILES string of the molecule is CC(C)(C)Sc1cn(Cc2ccc(-c3nccs3)cc2)c2ncc(OCc3ccc4ccccc4n3)c(CC(C)(C)C(=O)O)c12. The molecule has 230 valence electrons. The van der Waals surface area contributed by atoms with Crippen LogP contribution in [0.4, 0.5) is 0 Å². The van der Waals surface area contributed by atoms with E-state index >= 15 is 0 Å². The molecule has 0 bridgehead atoms. The lowest BCUT2D eigenvalue weighted by molar-refractivity contribution is -0.146. The second-order valence-corrected chi connectivity index (χ2v) is 15.6. The van der Waals surface area contributed by atoms with E-state index in [1.807, 2.05) is 48.0 Å². The average Bonchev–Trinajstić information content (AvgIpc) is 3.65. The Morgan fingerprint density at radius 3 is 2.49 bits per heavy atom. The molecule has 6 rings (SSSR count). The summed E-state index contributed by atoms with van der Waals surface area (Å²) in [5, 5.41) is 15.1. The molecule has 0 saturated heterocycles. The number of aliphatic carboxylic acids is 1. The normalized spacial score (nSPS) is 12.2. The first-order valence-electron chi connectivity index (χ1n) is 14.9. The zero-order valence-electron chi connectivity index (χ0n) is 26.1. The fourth-order valence-corrected chi connectivity index (χ4v) is 7.07. The van der Waals surface area contributed by atoms with Gasteiger partial charge in [0, 0.05) is 55.9 Å². The molecule has 1 N–H and O–H groups in total. The van der Waals surface area contributed by atoms with E-state index in [1.54, 1.807) is 43.1 Å². The van der Waals surface area contributed by atoms with Crippen molar-refractivity contribution in [1.29, 1.82) is 0 Å². The first-order chi connectivity index (χ1) is 21.5. The molecule has 2 aromatic carbocycles. The highest BCUT2D eigenvalue weighted by molar-refractivity contribution is 8.00. The van der Waals surface area contributed by atoms with Crippen LogP contribution < -0.4 is 4.74 Å². The number of rotatable bonds is 10. The molecule has 0 unspecified atom stereocenters. The summed E-state index contributed by atoms with van der Waals surface area (Å²) in [6.45, 7) is 10.9. The molecule has 0 spiro atoms. The topological polar surface area (TPSA) is 90.1 Å². The molecule has 0 radical (unpaired) electrons. The summed E-state index contributed by atoms with van der Waals surface area (Å²) < 4.78 is 8.50. The summed E-state index contributed by atoms with van der Waals surface area (Å²) in [6.07, 6.45) is 5.99. The molecular weight excluding hydrogens is 601 g/mol. The second kappa shape index (κ2) is 12.3. The Morgan fingerprint density at radius 1 is 1.00 bits per heavy atom. The maximum atomic E-state index is 12.4. The number of benzene rings is 2. The molecule has 0 atom stereocenters. The maximum absolute atomic E-state index is 12.4. The highest BCUT2D eigenvalue weighted by atomic mass is 32.2. The van der Waals surface area contributed by atoms with Crippen molar-refractivity contribution in [2.75, 3.05) is 0 Å². The van der Waals surface area contributed by atoms with E-state index in [4.69, 9.17) is 14.7 Å². The van der Waals surface area contributed by atoms with Crippen LogP contribution in [0.1, 0.15) is 51.4 Å². The van der Waals surface area contributed by atoms with Crippen LogP contribution in [0.5, 0.6) is 5.75 Å². The van der Waals surface area contributed by atoms with Gasteiger partial charge in [0.05, 0.1) is 22.8 Å². The molecule has 0 aliphatic heterocycles. The number of hydrogen-bond donors (Lipinski definition) is 1. The minimum absolute atomic E-state index is 0.0834. The molecule has 9 heteroatoms. The van der Waals surface area contributed by atoms with Crippen LogP contribution in [0.3, 0.4) is 0 Å². The molecule has 0 amide bonds. The Bertz CT molecular complexity index is 1970. The number of carbonyl (C=O) groups is 1. The van der Waals surface area contributed by atoms with E-state index in [0.717, 1.165) is 54.2 Å². The lowest BCUT2D eigenvalue weighted by Gasteiger charge is -2.23. The molecule has 6 aromatic rings. The molecule has 4 heterocycles. The molecule has 0 fully saturated rings.